The van der Waals surface area contributed by atoms with E-state index in [1.165, 1.54) is 9.80 Å². The zero-order valence-corrected chi connectivity index (χ0v) is 30.8. The number of fused-ring (bicyclic) bond motifs is 2. The van der Waals surface area contributed by atoms with Gasteiger partial charge in [0.2, 0.25) is 0 Å². The molecule has 260 valence electrons. The predicted molar refractivity (Wildman–Crippen MR) is 197 cm³/mol. The number of imide groups is 2. The van der Waals surface area contributed by atoms with E-state index in [1.54, 1.807) is 0 Å². The van der Waals surface area contributed by atoms with Gasteiger partial charge < -0.3 is 9.47 Å². The van der Waals surface area contributed by atoms with Gasteiger partial charge in [-0.15, -0.1) is 0 Å². The zero-order chi connectivity index (χ0) is 36.3. The summed E-state index contributed by atoms with van der Waals surface area (Å²) in [5, 5.41) is 6.37. The Labute approximate surface area is 293 Å². The van der Waals surface area contributed by atoms with Crippen LogP contribution in [0.1, 0.15) is 124 Å². The molecule has 8 heteroatoms. The molecule has 0 bridgehead atoms. The van der Waals surface area contributed by atoms with Gasteiger partial charge in [0.25, 0.3) is 23.6 Å². The van der Waals surface area contributed by atoms with Crippen molar-refractivity contribution in [3.8, 4) is 0 Å². The lowest BCUT2D eigenvalue weighted by Gasteiger charge is -2.43. The van der Waals surface area contributed by atoms with Gasteiger partial charge in [-0.3, -0.25) is 29.0 Å². The molecule has 8 nitrogen and oxygen atoms in total. The minimum absolute atomic E-state index is 0.217. The van der Waals surface area contributed by atoms with E-state index in [0.29, 0.717) is 45.9 Å². The van der Waals surface area contributed by atoms with Crippen LogP contribution >= 0.6 is 0 Å². The third kappa shape index (κ3) is 4.86. The Hall–Kier alpha value is -4.40. The summed E-state index contributed by atoms with van der Waals surface area (Å²) in [5.74, 6) is -1.35. The molecule has 7 rings (SSSR count). The van der Waals surface area contributed by atoms with Gasteiger partial charge in [-0.25, -0.2) is 0 Å². The molecule has 0 saturated carbocycles. The number of carbonyl (C=O) groups is 4. The Kier molecular flexibility index (Phi) is 7.53. The Morgan fingerprint density at radius 3 is 0.920 bits per heavy atom. The van der Waals surface area contributed by atoms with Crippen molar-refractivity contribution in [2.24, 2.45) is 0 Å². The lowest BCUT2D eigenvalue weighted by atomic mass is 9.81. The van der Waals surface area contributed by atoms with Crippen molar-refractivity contribution in [1.82, 2.24) is 9.80 Å². The molecule has 2 aliphatic rings. The predicted octanol–water partition coefficient (Wildman–Crippen LogP) is 8.90. The van der Waals surface area contributed by atoms with Crippen LogP contribution in [0, 0.1) is 0 Å². The van der Waals surface area contributed by atoms with Gasteiger partial charge in [0.15, 0.2) is 0 Å². The SMILES string of the molecule is CCC(C)(COC(C)(C)C)N1C(=O)c2ccc3c4ccc5c6c(ccc(c7ccc(c2c37)C1=O)c64)C(=O)N(C(C)(CC)COC(C)(C)C)C5=O. The molecule has 0 saturated heterocycles. The second kappa shape index (κ2) is 11.0. The Balaban J connectivity index is 1.42. The minimum Gasteiger partial charge on any atom is -0.373 e. The summed E-state index contributed by atoms with van der Waals surface area (Å²) >= 11 is 0. The van der Waals surface area contributed by atoms with E-state index in [2.05, 4.69) is 0 Å². The smallest absolute Gasteiger partial charge is 0.261 e. The summed E-state index contributed by atoms with van der Waals surface area (Å²) in [6.45, 7) is 19.9. The third-order valence-corrected chi connectivity index (χ3v) is 10.9. The monoisotopic (exact) mass is 674 g/mol. The van der Waals surface area contributed by atoms with Gasteiger partial charge in [0, 0.05) is 33.0 Å². The maximum absolute atomic E-state index is 14.3. The fourth-order valence-electron chi connectivity index (χ4n) is 7.64. The van der Waals surface area contributed by atoms with Crippen LogP contribution in [0.5, 0.6) is 0 Å². The highest BCUT2D eigenvalue weighted by Crippen LogP contribution is 2.47. The maximum atomic E-state index is 14.3. The first kappa shape index (κ1) is 34.1. The van der Waals surface area contributed by atoms with Crippen molar-refractivity contribution in [1.29, 1.82) is 0 Å². The molecular formula is C42H46N2O6. The zero-order valence-electron chi connectivity index (χ0n) is 30.8. The number of hydrogen-bond donors (Lipinski definition) is 0. The summed E-state index contributed by atoms with van der Waals surface area (Å²) in [6, 6.07) is 15.0. The molecule has 2 heterocycles. The number of carbonyl (C=O) groups excluding carboxylic acids is 4. The van der Waals surface area contributed by atoms with Crippen LogP contribution in [0.25, 0.3) is 43.1 Å². The minimum atomic E-state index is -0.849. The molecule has 2 atom stereocenters. The quantitative estimate of drug-likeness (QED) is 0.0927. The fraction of sp³-hybridized carbons (Fsp3) is 0.429. The Morgan fingerprint density at radius 1 is 0.440 bits per heavy atom. The first-order valence-electron chi connectivity index (χ1n) is 17.6. The second-order valence-corrected chi connectivity index (χ2v) is 16.5. The summed E-state index contributed by atoms with van der Waals surface area (Å²) in [6.07, 6.45) is 1.07. The van der Waals surface area contributed by atoms with Gasteiger partial charge in [-0.2, -0.15) is 0 Å². The normalized spacial score (nSPS) is 17.9. The highest BCUT2D eigenvalue weighted by molar-refractivity contribution is 6.41. The average molecular weight is 675 g/mol. The van der Waals surface area contributed by atoms with Gasteiger partial charge >= 0.3 is 0 Å². The summed E-state index contributed by atoms with van der Waals surface area (Å²) < 4.78 is 12.3. The molecule has 50 heavy (non-hydrogen) atoms. The van der Waals surface area contributed by atoms with Gasteiger partial charge in [0.05, 0.1) is 35.5 Å². The molecule has 0 aliphatic carbocycles. The summed E-state index contributed by atoms with van der Waals surface area (Å²) in [7, 11) is 0. The summed E-state index contributed by atoms with van der Waals surface area (Å²) in [5.41, 5.74) is -0.672. The van der Waals surface area contributed by atoms with Crippen molar-refractivity contribution in [2.75, 3.05) is 13.2 Å². The van der Waals surface area contributed by atoms with E-state index in [9.17, 15) is 19.2 Å². The van der Waals surface area contributed by atoms with E-state index in [0.717, 1.165) is 32.3 Å². The van der Waals surface area contributed by atoms with E-state index in [4.69, 9.17) is 9.47 Å². The lowest BCUT2D eigenvalue weighted by molar-refractivity contribution is -0.0560. The molecule has 2 aliphatic heterocycles. The highest BCUT2D eigenvalue weighted by Gasteiger charge is 2.46. The van der Waals surface area contributed by atoms with Crippen LogP contribution in [-0.2, 0) is 9.47 Å². The molecule has 2 unspecified atom stereocenters. The second-order valence-electron chi connectivity index (χ2n) is 16.5. The van der Waals surface area contributed by atoms with Crippen molar-refractivity contribution >= 4 is 66.7 Å². The van der Waals surface area contributed by atoms with Gasteiger partial charge in [-0.05, 0) is 125 Å². The number of hydrogen-bond acceptors (Lipinski definition) is 6. The molecule has 0 spiro atoms. The van der Waals surface area contributed by atoms with Crippen LogP contribution in [0.4, 0.5) is 0 Å². The van der Waals surface area contributed by atoms with Crippen molar-refractivity contribution in [3.63, 3.8) is 0 Å². The first-order chi connectivity index (χ1) is 23.4. The topological polar surface area (TPSA) is 93.2 Å². The van der Waals surface area contributed by atoms with Gasteiger partial charge in [-0.1, -0.05) is 38.1 Å². The number of benzene rings is 5. The lowest BCUT2D eigenvalue weighted by Crippen LogP contribution is -2.57. The maximum Gasteiger partial charge on any atom is 0.261 e. The van der Waals surface area contributed by atoms with Gasteiger partial charge in [0.1, 0.15) is 0 Å². The van der Waals surface area contributed by atoms with E-state index < -0.39 is 22.3 Å². The Bertz CT molecular complexity index is 2010. The van der Waals surface area contributed by atoms with Crippen molar-refractivity contribution in [3.05, 3.63) is 70.8 Å². The molecule has 5 aromatic rings. The van der Waals surface area contributed by atoms with E-state index in [1.807, 2.05) is 118 Å². The number of amides is 4. The molecule has 5 aromatic carbocycles. The number of nitrogens with zero attached hydrogens (tertiary/aromatic N) is 2. The molecule has 0 aromatic heterocycles. The van der Waals surface area contributed by atoms with Crippen LogP contribution in [0.2, 0.25) is 0 Å². The molecule has 0 fully saturated rings. The molecular weight excluding hydrogens is 628 g/mol. The van der Waals surface area contributed by atoms with Crippen molar-refractivity contribution < 1.29 is 28.7 Å². The third-order valence-electron chi connectivity index (χ3n) is 10.9. The van der Waals surface area contributed by atoms with Crippen LogP contribution in [0.3, 0.4) is 0 Å². The fourth-order valence-corrected chi connectivity index (χ4v) is 7.64. The van der Waals surface area contributed by atoms with Crippen LogP contribution < -0.4 is 0 Å². The molecule has 4 amide bonds. The number of ether oxygens (including phenoxy) is 2. The number of rotatable bonds is 8. The summed E-state index contributed by atoms with van der Waals surface area (Å²) in [4.78, 5) is 60.0. The average Bonchev–Trinajstić information content (AvgIpc) is 3.06. The first-order valence-corrected chi connectivity index (χ1v) is 17.6. The Morgan fingerprint density at radius 2 is 0.700 bits per heavy atom. The largest absolute Gasteiger partial charge is 0.373 e. The van der Waals surface area contributed by atoms with Crippen LogP contribution in [0.15, 0.2) is 48.5 Å². The van der Waals surface area contributed by atoms with E-state index >= 15 is 0 Å². The van der Waals surface area contributed by atoms with E-state index in [-0.39, 0.29) is 36.8 Å². The molecule has 0 radical (unpaired) electrons. The standard InChI is InChI=1S/C42H46N2O6/c1-11-41(9,21-49-39(3,4)5)43-35(45)27-17-13-23-25-15-19-29-34-30(38(48)44(37(29)47)42(10,12-2)22-50-40(6,7)8)20-16-26(32(25)34)24-14-18-28(36(43)46)33(27)31(23)24/h13-20H,11-12,21-22H2,1-10H3. The van der Waals surface area contributed by atoms with Crippen LogP contribution in [-0.4, -0.2) is 68.9 Å². The molecule has 0 N–H and O–H groups in total. The van der Waals surface area contributed by atoms with Crippen molar-refractivity contribution in [2.45, 2.75) is 104 Å². The highest BCUT2D eigenvalue weighted by atomic mass is 16.5.